The average molecular weight is 404 g/mol. The molecule has 1 aliphatic carbocycles. The lowest BCUT2D eigenvalue weighted by molar-refractivity contribution is -0.346. The van der Waals surface area contributed by atoms with E-state index < -0.39 is 73.6 Å². The number of hydrogen-bond acceptors (Lipinski definition) is 11. The van der Waals surface area contributed by atoms with Crippen molar-refractivity contribution >= 4 is 5.97 Å². The van der Waals surface area contributed by atoms with E-state index in [9.17, 15) is 35.4 Å². The Morgan fingerprint density at radius 2 is 1.89 bits per heavy atom. The maximum Gasteiger partial charge on any atom is 0.337 e. The maximum absolute atomic E-state index is 12.0. The zero-order chi connectivity index (χ0) is 20.6. The molecule has 3 rings (SSSR count). The summed E-state index contributed by atoms with van der Waals surface area (Å²) in [6, 6.07) is 0. The van der Waals surface area contributed by atoms with Crippen molar-refractivity contribution in [2.24, 2.45) is 11.8 Å². The summed E-state index contributed by atoms with van der Waals surface area (Å²) in [6.07, 6.45) is -4.99. The highest BCUT2D eigenvalue weighted by atomic mass is 16.8. The molecule has 11 nitrogen and oxygen atoms in total. The number of esters is 1. The van der Waals surface area contributed by atoms with Crippen molar-refractivity contribution in [2.45, 2.75) is 42.6 Å². The van der Waals surface area contributed by atoms with Gasteiger partial charge in [0, 0.05) is 5.92 Å². The third kappa shape index (κ3) is 3.44. The van der Waals surface area contributed by atoms with E-state index in [1.807, 2.05) is 0 Å². The fourth-order valence-corrected chi connectivity index (χ4v) is 3.71. The lowest BCUT2D eigenvalue weighted by Gasteiger charge is -2.44. The average Bonchev–Trinajstić information content (AvgIpc) is 3.06. The Labute approximate surface area is 160 Å². The van der Waals surface area contributed by atoms with Crippen molar-refractivity contribution in [3.63, 3.8) is 0 Å². The smallest absolute Gasteiger partial charge is 0.337 e. The third-order valence-corrected chi connectivity index (χ3v) is 5.33. The van der Waals surface area contributed by atoms with Crippen LogP contribution in [0, 0.1) is 11.8 Å². The second kappa shape index (κ2) is 8.05. The molecule has 9 atom stereocenters. The van der Waals surface area contributed by atoms with Gasteiger partial charge in [0.05, 0.1) is 38.1 Å². The first-order valence-electron chi connectivity index (χ1n) is 8.69. The molecule has 1 fully saturated rings. The number of ether oxygens (including phenoxy) is 4. The Balaban J connectivity index is 1.85. The highest BCUT2D eigenvalue weighted by Gasteiger charge is 2.55. The van der Waals surface area contributed by atoms with Crippen LogP contribution in [0.25, 0.3) is 0 Å². The summed E-state index contributed by atoms with van der Waals surface area (Å²) in [7, 11) is 1.19. The van der Waals surface area contributed by atoms with Crippen LogP contribution in [0.1, 0.15) is 0 Å². The zero-order valence-electron chi connectivity index (χ0n) is 15.0. The van der Waals surface area contributed by atoms with E-state index in [1.54, 1.807) is 0 Å². The van der Waals surface area contributed by atoms with Crippen LogP contribution in [0.15, 0.2) is 24.0 Å². The largest absolute Gasteiger partial charge is 0.471 e. The number of methoxy groups -OCH3 is 1. The molecule has 6 N–H and O–H groups in total. The van der Waals surface area contributed by atoms with Gasteiger partial charge in [-0.25, -0.2) is 4.79 Å². The van der Waals surface area contributed by atoms with E-state index in [1.165, 1.54) is 19.3 Å². The van der Waals surface area contributed by atoms with Gasteiger partial charge in [-0.3, -0.25) is 0 Å². The van der Waals surface area contributed by atoms with Gasteiger partial charge < -0.3 is 49.6 Å². The number of rotatable bonds is 5. The van der Waals surface area contributed by atoms with Crippen molar-refractivity contribution in [1.82, 2.24) is 0 Å². The summed E-state index contributed by atoms with van der Waals surface area (Å²) in [4.78, 5) is 12.0. The second-order valence-corrected chi connectivity index (χ2v) is 6.96. The summed E-state index contributed by atoms with van der Waals surface area (Å²) in [5.74, 6) is -2.40. The van der Waals surface area contributed by atoms with Crippen LogP contribution in [0.5, 0.6) is 0 Å². The van der Waals surface area contributed by atoms with Gasteiger partial charge in [0.15, 0.2) is 6.29 Å². The van der Waals surface area contributed by atoms with E-state index in [-0.39, 0.29) is 5.57 Å². The molecule has 1 saturated heterocycles. The number of hydrogen-bond donors (Lipinski definition) is 6. The Bertz CT molecular complexity index is 647. The number of carbonyl (C=O) groups excluding carboxylic acids is 1. The predicted octanol–water partition coefficient (Wildman–Crippen LogP) is -3.26. The van der Waals surface area contributed by atoms with Gasteiger partial charge in [-0.15, -0.1) is 0 Å². The highest BCUT2D eigenvalue weighted by molar-refractivity contribution is 5.89. The summed E-state index contributed by atoms with van der Waals surface area (Å²) < 4.78 is 21.0. The Morgan fingerprint density at radius 1 is 1.18 bits per heavy atom. The predicted molar refractivity (Wildman–Crippen MR) is 88.0 cm³/mol. The first-order chi connectivity index (χ1) is 13.3. The molecule has 2 heterocycles. The first-order valence-corrected chi connectivity index (χ1v) is 8.69. The Morgan fingerprint density at radius 3 is 2.50 bits per heavy atom. The molecule has 0 radical (unpaired) electrons. The topological polar surface area (TPSA) is 175 Å². The molecule has 0 unspecified atom stereocenters. The van der Waals surface area contributed by atoms with Gasteiger partial charge in [-0.1, -0.05) is 12.2 Å². The monoisotopic (exact) mass is 404 g/mol. The number of fused-ring (bicyclic) bond motifs is 1. The van der Waals surface area contributed by atoms with Crippen LogP contribution in [-0.4, -0.2) is 99.5 Å². The van der Waals surface area contributed by atoms with Crippen molar-refractivity contribution in [3.8, 4) is 0 Å². The lowest BCUT2D eigenvalue weighted by Crippen LogP contribution is -2.61. The Kier molecular flexibility index (Phi) is 6.08. The minimum atomic E-state index is -1.79. The molecule has 28 heavy (non-hydrogen) atoms. The van der Waals surface area contributed by atoms with E-state index in [0.29, 0.717) is 0 Å². The molecule has 0 aromatic heterocycles. The third-order valence-electron chi connectivity index (χ3n) is 5.33. The van der Waals surface area contributed by atoms with Crippen LogP contribution < -0.4 is 0 Å². The van der Waals surface area contributed by atoms with Gasteiger partial charge in [0.2, 0.25) is 6.29 Å². The second-order valence-electron chi connectivity index (χ2n) is 6.96. The lowest BCUT2D eigenvalue weighted by atomic mass is 9.79. The molecular formula is C17H24O11. The van der Waals surface area contributed by atoms with Crippen LogP contribution in [0.2, 0.25) is 0 Å². The molecule has 0 aromatic rings. The number of allylic oxidation sites excluding steroid dienone is 1. The molecule has 11 heteroatoms. The summed E-state index contributed by atoms with van der Waals surface area (Å²) in [6.45, 7) is -1.34. The SMILES string of the molecule is COC(=O)C1=CO[C@@H](O[C@@H]2O[C@H](CO)[C@H](O)[C@@H](O)[C@H]2O)[C@H]2[C@@H]1C=C[C@]2(O)CO. The normalized spacial score (nSPS) is 45.2. The van der Waals surface area contributed by atoms with Gasteiger partial charge >= 0.3 is 5.97 Å². The summed E-state index contributed by atoms with van der Waals surface area (Å²) in [5.41, 5.74) is -1.70. The maximum atomic E-state index is 12.0. The fourth-order valence-electron chi connectivity index (χ4n) is 3.71. The quantitative estimate of drug-likeness (QED) is 0.200. The van der Waals surface area contributed by atoms with Crippen LogP contribution in [0.4, 0.5) is 0 Å². The highest BCUT2D eigenvalue weighted by Crippen LogP contribution is 2.45. The van der Waals surface area contributed by atoms with Gasteiger partial charge in [-0.05, 0) is 0 Å². The van der Waals surface area contributed by atoms with E-state index in [2.05, 4.69) is 0 Å². The molecule has 158 valence electrons. The number of carbonyl (C=O) groups is 1. The van der Waals surface area contributed by atoms with Crippen LogP contribution >= 0.6 is 0 Å². The van der Waals surface area contributed by atoms with E-state index >= 15 is 0 Å². The molecular weight excluding hydrogens is 380 g/mol. The van der Waals surface area contributed by atoms with Crippen LogP contribution in [-0.2, 0) is 23.7 Å². The van der Waals surface area contributed by atoms with Gasteiger partial charge in [0.1, 0.15) is 30.0 Å². The van der Waals surface area contributed by atoms with Gasteiger partial charge in [0.25, 0.3) is 0 Å². The van der Waals surface area contributed by atoms with Crippen molar-refractivity contribution in [2.75, 3.05) is 20.3 Å². The number of aliphatic hydroxyl groups is 6. The molecule has 3 aliphatic rings. The van der Waals surface area contributed by atoms with Gasteiger partial charge in [-0.2, -0.15) is 0 Å². The first kappa shape index (κ1) is 21.1. The molecule has 0 amide bonds. The minimum absolute atomic E-state index is 0.0989. The molecule has 0 bridgehead atoms. The molecule has 0 aromatic carbocycles. The zero-order valence-corrected chi connectivity index (χ0v) is 15.0. The summed E-state index contributed by atoms with van der Waals surface area (Å²) in [5, 5.41) is 59.5. The van der Waals surface area contributed by atoms with E-state index in [0.717, 1.165) is 6.26 Å². The van der Waals surface area contributed by atoms with E-state index in [4.69, 9.17) is 18.9 Å². The summed E-state index contributed by atoms with van der Waals surface area (Å²) >= 11 is 0. The minimum Gasteiger partial charge on any atom is -0.471 e. The van der Waals surface area contributed by atoms with Crippen molar-refractivity contribution in [3.05, 3.63) is 24.0 Å². The fraction of sp³-hybridized carbons (Fsp3) is 0.706. The van der Waals surface area contributed by atoms with Crippen LogP contribution in [0.3, 0.4) is 0 Å². The molecule has 2 aliphatic heterocycles. The molecule has 0 saturated carbocycles. The Hall–Kier alpha value is -1.57. The standard InChI is InChI=1S/C17H24O11/c1-25-14(23)8-5-26-15(10-7(8)2-3-17(10,24)6-19)28-16-13(22)12(21)11(20)9(4-18)27-16/h2-3,5,7,9-13,15-16,18-22,24H,4,6H2,1H3/t7-,9-,10-,11+,12-,13-,15+,16+,17+/m1/s1. The van der Waals surface area contributed by atoms with Crippen molar-refractivity contribution < 1.29 is 54.4 Å². The van der Waals surface area contributed by atoms with Crippen molar-refractivity contribution in [1.29, 1.82) is 0 Å². The number of aliphatic hydroxyl groups excluding tert-OH is 5. The molecule has 0 spiro atoms.